The van der Waals surface area contributed by atoms with E-state index in [1.54, 1.807) is 29.0 Å². The van der Waals surface area contributed by atoms with Crippen molar-refractivity contribution in [1.29, 1.82) is 0 Å². The number of aromatic nitrogens is 1. The number of hydrogen-bond acceptors (Lipinski definition) is 4. The SMILES string of the molecule is CC(NCc1cscn1)C(O)c1ccc(Cl)cc1. The van der Waals surface area contributed by atoms with E-state index in [1.165, 1.54) is 0 Å². The van der Waals surface area contributed by atoms with Crippen LogP contribution in [0.3, 0.4) is 0 Å². The Balaban J connectivity index is 1.91. The second kappa shape index (κ2) is 6.29. The lowest BCUT2D eigenvalue weighted by Crippen LogP contribution is -2.31. The molecule has 1 aromatic heterocycles. The Bertz CT molecular complexity index is 472. The molecule has 3 nitrogen and oxygen atoms in total. The van der Waals surface area contributed by atoms with Crippen molar-refractivity contribution in [1.82, 2.24) is 10.3 Å². The zero-order valence-electron chi connectivity index (χ0n) is 10.0. The maximum absolute atomic E-state index is 10.2. The van der Waals surface area contributed by atoms with Crippen molar-refractivity contribution < 1.29 is 5.11 Å². The molecule has 96 valence electrons. The molecule has 2 aromatic rings. The van der Waals surface area contributed by atoms with E-state index in [1.807, 2.05) is 24.4 Å². The molecule has 0 amide bonds. The number of halogens is 1. The van der Waals surface area contributed by atoms with Crippen LogP contribution in [0.2, 0.25) is 5.02 Å². The molecule has 0 bridgehead atoms. The number of thiazole rings is 1. The van der Waals surface area contributed by atoms with Gasteiger partial charge in [-0.2, -0.15) is 0 Å². The minimum atomic E-state index is -0.555. The monoisotopic (exact) mass is 282 g/mol. The molecular formula is C13H15ClN2OS. The molecule has 2 atom stereocenters. The van der Waals surface area contributed by atoms with Gasteiger partial charge in [-0.15, -0.1) is 11.3 Å². The fraction of sp³-hybridized carbons (Fsp3) is 0.308. The van der Waals surface area contributed by atoms with Gasteiger partial charge in [-0.05, 0) is 24.6 Å². The smallest absolute Gasteiger partial charge is 0.0940 e. The van der Waals surface area contributed by atoms with E-state index in [4.69, 9.17) is 11.6 Å². The molecule has 5 heteroatoms. The average Bonchev–Trinajstić information content (AvgIpc) is 2.89. The molecule has 18 heavy (non-hydrogen) atoms. The van der Waals surface area contributed by atoms with Crippen molar-refractivity contribution in [3.05, 3.63) is 51.4 Å². The number of hydrogen-bond donors (Lipinski definition) is 2. The lowest BCUT2D eigenvalue weighted by Gasteiger charge is -2.20. The minimum Gasteiger partial charge on any atom is -0.387 e. The van der Waals surface area contributed by atoms with Crippen molar-refractivity contribution in [3.63, 3.8) is 0 Å². The third-order valence-corrected chi connectivity index (χ3v) is 3.66. The van der Waals surface area contributed by atoms with Crippen LogP contribution in [-0.2, 0) is 6.54 Å². The molecule has 0 radical (unpaired) electrons. The lowest BCUT2D eigenvalue weighted by atomic mass is 10.0. The summed E-state index contributed by atoms with van der Waals surface area (Å²) in [5.41, 5.74) is 3.66. The van der Waals surface area contributed by atoms with Gasteiger partial charge in [0.1, 0.15) is 0 Å². The van der Waals surface area contributed by atoms with Gasteiger partial charge in [0.25, 0.3) is 0 Å². The van der Waals surface area contributed by atoms with Crippen molar-refractivity contribution in [2.45, 2.75) is 25.6 Å². The molecule has 2 N–H and O–H groups in total. The van der Waals surface area contributed by atoms with Gasteiger partial charge in [0.05, 0.1) is 17.3 Å². The maximum atomic E-state index is 10.2. The van der Waals surface area contributed by atoms with Gasteiger partial charge >= 0.3 is 0 Å². The summed E-state index contributed by atoms with van der Waals surface area (Å²) >= 11 is 7.39. The summed E-state index contributed by atoms with van der Waals surface area (Å²) in [6.07, 6.45) is -0.555. The van der Waals surface area contributed by atoms with Gasteiger partial charge < -0.3 is 10.4 Å². The first kappa shape index (κ1) is 13.5. The van der Waals surface area contributed by atoms with Gasteiger partial charge in [0, 0.05) is 23.0 Å². The Morgan fingerprint density at radius 3 is 2.72 bits per heavy atom. The predicted molar refractivity (Wildman–Crippen MR) is 74.8 cm³/mol. The van der Waals surface area contributed by atoms with Crippen LogP contribution in [0.4, 0.5) is 0 Å². The standard InChI is InChI=1S/C13H15ClN2OS/c1-9(15-6-12-7-18-8-16-12)13(17)10-2-4-11(14)5-3-10/h2-5,7-9,13,15,17H,6H2,1H3. The zero-order valence-corrected chi connectivity index (χ0v) is 11.6. The largest absolute Gasteiger partial charge is 0.387 e. The summed E-state index contributed by atoms with van der Waals surface area (Å²) in [6.45, 7) is 2.61. The third-order valence-electron chi connectivity index (χ3n) is 2.77. The molecule has 0 aliphatic heterocycles. The summed E-state index contributed by atoms with van der Waals surface area (Å²) in [4.78, 5) is 4.19. The van der Waals surface area contributed by atoms with Crippen LogP contribution in [0.5, 0.6) is 0 Å². The van der Waals surface area contributed by atoms with E-state index in [2.05, 4.69) is 10.3 Å². The van der Waals surface area contributed by atoms with Crippen LogP contribution in [0.25, 0.3) is 0 Å². The number of nitrogens with one attached hydrogen (secondary N) is 1. The van der Waals surface area contributed by atoms with Gasteiger partial charge in [-0.1, -0.05) is 23.7 Å². The lowest BCUT2D eigenvalue weighted by molar-refractivity contribution is 0.135. The zero-order chi connectivity index (χ0) is 13.0. The van der Waals surface area contributed by atoms with Crippen LogP contribution in [0, 0.1) is 0 Å². The fourth-order valence-corrected chi connectivity index (χ4v) is 2.34. The number of aliphatic hydroxyl groups is 1. The summed E-state index contributed by atoms with van der Waals surface area (Å²) in [5.74, 6) is 0. The van der Waals surface area contributed by atoms with E-state index >= 15 is 0 Å². The molecule has 1 heterocycles. The Kier molecular flexibility index (Phi) is 4.72. The van der Waals surface area contributed by atoms with Gasteiger partial charge in [0.2, 0.25) is 0 Å². The van der Waals surface area contributed by atoms with E-state index in [9.17, 15) is 5.11 Å². The third kappa shape index (κ3) is 3.53. The van der Waals surface area contributed by atoms with E-state index in [-0.39, 0.29) is 6.04 Å². The van der Waals surface area contributed by atoms with E-state index in [0.717, 1.165) is 11.3 Å². The minimum absolute atomic E-state index is 0.0483. The summed E-state index contributed by atoms with van der Waals surface area (Å²) in [7, 11) is 0. The Hall–Kier alpha value is -0.940. The van der Waals surface area contributed by atoms with Gasteiger partial charge in [-0.25, -0.2) is 4.98 Å². The molecule has 0 fully saturated rings. The van der Waals surface area contributed by atoms with E-state index < -0.39 is 6.10 Å². The highest BCUT2D eigenvalue weighted by molar-refractivity contribution is 7.07. The first-order chi connectivity index (χ1) is 8.66. The molecule has 0 aliphatic carbocycles. The average molecular weight is 283 g/mol. The summed E-state index contributed by atoms with van der Waals surface area (Å²) in [6, 6.07) is 7.20. The molecule has 1 aromatic carbocycles. The second-order valence-electron chi connectivity index (χ2n) is 4.15. The summed E-state index contributed by atoms with van der Waals surface area (Å²) < 4.78 is 0. The van der Waals surface area contributed by atoms with Crippen molar-refractivity contribution in [2.24, 2.45) is 0 Å². The quantitative estimate of drug-likeness (QED) is 0.886. The van der Waals surface area contributed by atoms with Crippen molar-refractivity contribution >= 4 is 22.9 Å². The first-order valence-corrected chi connectivity index (χ1v) is 7.03. The van der Waals surface area contributed by atoms with Crippen molar-refractivity contribution in [2.75, 3.05) is 0 Å². The highest BCUT2D eigenvalue weighted by Crippen LogP contribution is 2.19. The topological polar surface area (TPSA) is 45.2 Å². The van der Waals surface area contributed by atoms with Crippen molar-refractivity contribution in [3.8, 4) is 0 Å². The molecule has 2 unspecified atom stereocenters. The maximum Gasteiger partial charge on any atom is 0.0940 e. The number of benzene rings is 1. The normalized spacial score (nSPS) is 14.4. The molecule has 0 saturated heterocycles. The van der Waals surface area contributed by atoms with Crippen LogP contribution in [0.1, 0.15) is 24.3 Å². The summed E-state index contributed by atoms with van der Waals surface area (Å²) in [5, 5.41) is 16.1. The number of nitrogens with zero attached hydrogens (tertiary/aromatic N) is 1. The molecule has 0 saturated carbocycles. The second-order valence-corrected chi connectivity index (χ2v) is 5.30. The Morgan fingerprint density at radius 2 is 2.11 bits per heavy atom. The molecular weight excluding hydrogens is 268 g/mol. The van der Waals surface area contributed by atoms with Crippen LogP contribution < -0.4 is 5.32 Å². The van der Waals surface area contributed by atoms with Crippen LogP contribution in [-0.4, -0.2) is 16.1 Å². The van der Waals surface area contributed by atoms with Crippen LogP contribution >= 0.6 is 22.9 Å². The fourth-order valence-electron chi connectivity index (χ4n) is 1.65. The van der Waals surface area contributed by atoms with Gasteiger partial charge in [0.15, 0.2) is 0 Å². The van der Waals surface area contributed by atoms with Gasteiger partial charge in [-0.3, -0.25) is 0 Å². The predicted octanol–water partition coefficient (Wildman–Crippen LogP) is 3.01. The Labute approximate surface area is 115 Å². The molecule has 0 aliphatic rings. The first-order valence-electron chi connectivity index (χ1n) is 5.71. The van der Waals surface area contributed by atoms with E-state index in [0.29, 0.717) is 11.6 Å². The number of aliphatic hydroxyl groups excluding tert-OH is 1. The van der Waals surface area contributed by atoms with Crippen LogP contribution in [0.15, 0.2) is 35.2 Å². The molecule has 2 rings (SSSR count). The molecule has 0 spiro atoms. The Morgan fingerprint density at radius 1 is 1.39 bits per heavy atom. The number of rotatable bonds is 5. The highest BCUT2D eigenvalue weighted by atomic mass is 35.5. The highest BCUT2D eigenvalue weighted by Gasteiger charge is 2.15.